The van der Waals surface area contributed by atoms with Crippen LogP contribution in [0.4, 0.5) is 0 Å². The lowest BCUT2D eigenvalue weighted by Crippen LogP contribution is -2.32. The van der Waals surface area contributed by atoms with E-state index in [2.05, 4.69) is 15.5 Å². The van der Waals surface area contributed by atoms with Crippen molar-refractivity contribution in [3.05, 3.63) is 47.6 Å². The van der Waals surface area contributed by atoms with Crippen LogP contribution in [-0.4, -0.2) is 35.8 Å². The number of amides is 1. The van der Waals surface area contributed by atoms with E-state index in [0.717, 1.165) is 12.0 Å². The first-order valence-corrected chi connectivity index (χ1v) is 7.52. The van der Waals surface area contributed by atoms with Crippen LogP contribution in [0.3, 0.4) is 0 Å². The van der Waals surface area contributed by atoms with Crippen LogP contribution >= 0.6 is 0 Å². The Hall–Kier alpha value is -2.21. The summed E-state index contributed by atoms with van der Waals surface area (Å²) in [5.74, 6) is 1.24. The van der Waals surface area contributed by atoms with Crippen LogP contribution in [0, 0.1) is 5.92 Å². The lowest BCUT2D eigenvalue weighted by molar-refractivity contribution is -0.124. The summed E-state index contributed by atoms with van der Waals surface area (Å²) >= 11 is 0. The molecule has 0 aliphatic carbocycles. The van der Waals surface area contributed by atoms with Crippen molar-refractivity contribution >= 4 is 5.91 Å². The van der Waals surface area contributed by atoms with Crippen molar-refractivity contribution in [2.45, 2.75) is 19.3 Å². The van der Waals surface area contributed by atoms with E-state index < -0.39 is 0 Å². The molecule has 1 aliphatic heterocycles. The van der Waals surface area contributed by atoms with Gasteiger partial charge in [-0.3, -0.25) is 4.79 Å². The Labute approximate surface area is 128 Å². The van der Waals surface area contributed by atoms with Gasteiger partial charge in [0.05, 0.1) is 12.5 Å². The van der Waals surface area contributed by atoms with Crippen molar-refractivity contribution in [3.8, 4) is 0 Å². The number of carbonyl (C=O) groups excluding carboxylic acids is 1. The fraction of sp³-hybridized carbons (Fsp3) is 0.438. The molecular formula is C16H19N3O3. The van der Waals surface area contributed by atoms with Gasteiger partial charge in [0.1, 0.15) is 0 Å². The van der Waals surface area contributed by atoms with E-state index in [-0.39, 0.29) is 11.8 Å². The van der Waals surface area contributed by atoms with Crippen LogP contribution in [0.25, 0.3) is 0 Å². The van der Waals surface area contributed by atoms with Gasteiger partial charge >= 0.3 is 0 Å². The lowest BCUT2D eigenvalue weighted by atomic mass is 10.1. The molecular weight excluding hydrogens is 282 g/mol. The summed E-state index contributed by atoms with van der Waals surface area (Å²) in [5.41, 5.74) is 1.14. The predicted octanol–water partition coefficient (Wildman–Crippen LogP) is 1.36. The van der Waals surface area contributed by atoms with Gasteiger partial charge in [0.2, 0.25) is 11.8 Å². The fourth-order valence-electron chi connectivity index (χ4n) is 2.42. The average Bonchev–Trinajstić information content (AvgIpc) is 3.20. The summed E-state index contributed by atoms with van der Waals surface area (Å²) in [6.07, 6.45) is 1.99. The Kier molecular flexibility index (Phi) is 4.80. The van der Waals surface area contributed by atoms with E-state index in [0.29, 0.717) is 44.3 Å². The Balaban J connectivity index is 1.44. The Bertz CT molecular complexity index is 606. The number of benzene rings is 1. The lowest BCUT2D eigenvalue weighted by Gasteiger charge is -2.07. The highest BCUT2D eigenvalue weighted by molar-refractivity contribution is 5.78. The van der Waals surface area contributed by atoms with Crippen molar-refractivity contribution in [2.75, 3.05) is 19.8 Å². The number of nitrogens with zero attached hydrogens (tertiary/aromatic N) is 2. The second-order valence-electron chi connectivity index (χ2n) is 5.37. The SMILES string of the molecule is O=C(NCCc1nc(Cc2ccccc2)no1)[C@H]1CCOC1. The zero-order valence-electron chi connectivity index (χ0n) is 12.3. The standard InChI is InChI=1S/C16H19N3O3/c20-16(13-7-9-21-11-13)17-8-6-15-18-14(19-22-15)10-12-4-2-1-3-5-12/h1-5,13H,6-11H2,(H,17,20)/t13-/m0/s1. The molecule has 2 aromatic rings. The molecule has 1 N–H and O–H groups in total. The van der Waals surface area contributed by atoms with Crippen molar-refractivity contribution in [2.24, 2.45) is 5.92 Å². The Morgan fingerprint density at radius 2 is 2.18 bits per heavy atom. The molecule has 0 saturated carbocycles. The van der Waals surface area contributed by atoms with Crippen molar-refractivity contribution < 1.29 is 14.1 Å². The van der Waals surface area contributed by atoms with Crippen LogP contribution in [0.2, 0.25) is 0 Å². The molecule has 1 fully saturated rings. The Morgan fingerprint density at radius 3 is 2.95 bits per heavy atom. The molecule has 116 valence electrons. The number of nitrogens with one attached hydrogen (secondary N) is 1. The van der Waals surface area contributed by atoms with Gasteiger partial charge in [-0.1, -0.05) is 35.5 Å². The monoisotopic (exact) mass is 301 g/mol. The third-order valence-corrected chi connectivity index (χ3v) is 3.65. The van der Waals surface area contributed by atoms with Gasteiger partial charge in [0.15, 0.2) is 5.82 Å². The first-order chi connectivity index (χ1) is 10.8. The summed E-state index contributed by atoms with van der Waals surface area (Å²) in [7, 11) is 0. The van der Waals surface area contributed by atoms with Crippen LogP contribution < -0.4 is 5.32 Å². The zero-order chi connectivity index (χ0) is 15.2. The molecule has 3 rings (SSSR count). The number of carbonyl (C=O) groups is 1. The minimum absolute atomic E-state index is 0.0173. The average molecular weight is 301 g/mol. The zero-order valence-corrected chi connectivity index (χ0v) is 12.3. The highest BCUT2D eigenvalue weighted by Gasteiger charge is 2.23. The van der Waals surface area contributed by atoms with E-state index in [9.17, 15) is 4.79 Å². The highest BCUT2D eigenvalue weighted by Crippen LogP contribution is 2.12. The maximum absolute atomic E-state index is 11.8. The molecule has 6 nitrogen and oxygen atoms in total. The smallest absolute Gasteiger partial charge is 0.228 e. The second kappa shape index (κ2) is 7.17. The molecule has 1 atom stereocenters. The third kappa shape index (κ3) is 3.92. The van der Waals surface area contributed by atoms with E-state index >= 15 is 0 Å². The van der Waals surface area contributed by atoms with Gasteiger partial charge in [-0.15, -0.1) is 0 Å². The van der Waals surface area contributed by atoms with E-state index in [1.54, 1.807) is 0 Å². The van der Waals surface area contributed by atoms with Crippen LogP contribution in [0.1, 0.15) is 23.7 Å². The minimum Gasteiger partial charge on any atom is -0.381 e. The van der Waals surface area contributed by atoms with Crippen LogP contribution in [-0.2, 0) is 22.4 Å². The van der Waals surface area contributed by atoms with Gasteiger partial charge in [0, 0.05) is 26.0 Å². The highest BCUT2D eigenvalue weighted by atomic mass is 16.5. The van der Waals surface area contributed by atoms with Gasteiger partial charge in [-0.25, -0.2) is 0 Å². The molecule has 1 aromatic carbocycles. The summed E-state index contributed by atoms with van der Waals surface area (Å²) in [6.45, 7) is 1.69. The molecule has 22 heavy (non-hydrogen) atoms. The summed E-state index contributed by atoms with van der Waals surface area (Å²) in [4.78, 5) is 16.2. The van der Waals surface area contributed by atoms with Crippen molar-refractivity contribution in [3.63, 3.8) is 0 Å². The molecule has 2 heterocycles. The normalized spacial score (nSPS) is 17.5. The van der Waals surface area contributed by atoms with E-state index in [1.165, 1.54) is 0 Å². The second-order valence-corrected chi connectivity index (χ2v) is 5.37. The maximum Gasteiger partial charge on any atom is 0.228 e. The molecule has 1 saturated heterocycles. The predicted molar refractivity (Wildman–Crippen MR) is 79.2 cm³/mol. The first-order valence-electron chi connectivity index (χ1n) is 7.52. The molecule has 6 heteroatoms. The van der Waals surface area contributed by atoms with Gasteiger partial charge in [0.25, 0.3) is 0 Å². The summed E-state index contributed by atoms with van der Waals surface area (Å²) < 4.78 is 10.4. The Morgan fingerprint density at radius 1 is 1.32 bits per heavy atom. The third-order valence-electron chi connectivity index (χ3n) is 3.65. The number of ether oxygens (including phenoxy) is 1. The van der Waals surface area contributed by atoms with Crippen molar-refractivity contribution in [1.29, 1.82) is 0 Å². The van der Waals surface area contributed by atoms with Crippen LogP contribution in [0.15, 0.2) is 34.9 Å². The number of rotatable bonds is 6. The summed E-state index contributed by atoms with van der Waals surface area (Å²) in [6, 6.07) is 10.0. The molecule has 1 amide bonds. The minimum atomic E-state index is -0.0173. The molecule has 1 aliphatic rings. The molecule has 0 bridgehead atoms. The molecule has 0 spiro atoms. The topological polar surface area (TPSA) is 77.3 Å². The number of aromatic nitrogens is 2. The number of hydrogen-bond acceptors (Lipinski definition) is 5. The van der Waals surface area contributed by atoms with Gasteiger partial charge in [-0.2, -0.15) is 4.98 Å². The van der Waals surface area contributed by atoms with E-state index in [4.69, 9.17) is 9.26 Å². The molecule has 0 radical (unpaired) electrons. The molecule has 1 aromatic heterocycles. The first kappa shape index (κ1) is 14.7. The van der Waals surface area contributed by atoms with Gasteiger partial charge in [-0.05, 0) is 12.0 Å². The maximum atomic E-state index is 11.8. The molecule has 0 unspecified atom stereocenters. The fourth-order valence-corrected chi connectivity index (χ4v) is 2.42. The van der Waals surface area contributed by atoms with Crippen molar-refractivity contribution in [1.82, 2.24) is 15.5 Å². The quantitative estimate of drug-likeness (QED) is 0.871. The largest absolute Gasteiger partial charge is 0.381 e. The summed E-state index contributed by atoms with van der Waals surface area (Å²) in [5, 5.41) is 6.85. The number of hydrogen-bond donors (Lipinski definition) is 1. The van der Waals surface area contributed by atoms with Gasteiger partial charge < -0.3 is 14.6 Å². The van der Waals surface area contributed by atoms with Crippen LogP contribution in [0.5, 0.6) is 0 Å². The van der Waals surface area contributed by atoms with E-state index in [1.807, 2.05) is 30.3 Å².